The minimum Gasteiger partial charge on any atom is -0.468 e. The lowest BCUT2D eigenvalue weighted by molar-refractivity contribution is -0.137. The van der Waals surface area contributed by atoms with Crippen LogP contribution in [0.5, 0.6) is 0 Å². The van der Waals surface area contributed by atoms with Crippen LogP contribution in [0.1, 0.15) is 78.4 Å². The van der Waals surface area contributed by atoms with Gasteiger partial charge in [-0.2, -0.15) is 0 Å². The average Bonchev–Trinajstić information content (AvgIpc) is 2.59. The fourth-order valence-corrected chi connectivity index (χ4v) is 6.20. The van der Waals surface area contributed by atoms with E-state index >= 15 is 0 Å². The second-order valence-corrected chi connectivity index (χ2v) is 12.2. The highest BCUT2D eigenvalue weighted by molar-refractivity contribution is 8.04. The monoisotopic (exact) mass is 408 g/mol. The Bertz CT molecular complexity index is 609. The van der Waals surface area contributed by atoms with E-state index in [1.54, 1.807) is 11.8 Å². The second kappa shape index (κ2) is 9.26. The Labute approximate surface area is 174 Å². The SMILES string of the molecule is COC(=O)CS[C@H]1CCCC[C@@H]1Sc1cc(C(C)(C)C)cc(C(C)(C)C)c1. The molecule has 1 fully saturated rings. The fraction of sp³-hybridized carbons (Fsp3) is 0.696. The maximum absolute atomic E-state index is 11.6. The lowest BCUT2D eigenvalue weighted by atomic mass is 9.81. The Hall–Kier alpha value is -0.610. The Morgan fingerprint density at radius 3 is 1.96 bits per heavy atom. The van der Waals surface area contributed by atoms with Crippen molar-refractivity contribution in [2.24, 2.45) is 0 Å². The number of benzene rings is 1. The van der Waals surface area contributed by atoms with Gasteiger partial charge in [-0.3, -0.25) is 4.79 Å². The van der Waals surface area contributed by atoms with E-state index in [0.717, 1.165) is 0 Å². The summed E-state index contributed by atoms with van der Waals surface area (Å²) < 4.78 is 4.83. The fourth-order valence-electron chi connectivity index (χ4n) is 3.33. The molecule has 0 spiro atoms. The van der Waals surface area contributed by atoms with E-state index in [9.17, 15) is 4.79 Å². The number of hydrogen-bond acceptors (Lipinski definition) is 4. The summed E-state index contributed by atoms with van der Waals surface area (Å²) >= 11 is 3.80. The van der Waals surface area contributed by atoms with Crippen LogP contribution in [0.25, 0.3) is 0 Å². The molecule has 0 radical (unpaired) electrons. The molecule has 4 heteroatoms. The van der Waals surface area contributed by atoms with Crippen LogP contribution in [0.3, 0.4) is 0 Å². The van der Waals surface area contributed by atoms with Gasteiger partial charge < -0.3 is 4.74 Å². The third-order valence-electron chi connectivity index (χ3n) is 5.21. The van der Waals surface area contributed by atoms with E-state index in [-0.39, 0.29) is 16.8 Å². The molecule has 1 aliphatic carbocycles. The first-order valence-electron chi connectivity index (χ1n) is 10.0. The van der Waals surface area contributed by atoms with Gasteiger partial charge in [-0.1, -0.05) is 60.5 Å². The molecule has 0 N–H and O–H groups in total. The summed E-state index contributed by atoms with van der Waals surface area (Å²) in [5.74, 6) is 0.354. The predicted octanol–water partition coefficient (Wildman–Crippen LogP) is 6.59. The Balaban J connectivity index is 2.24. The number of carbonyl (C=O) groups is 1. The van der Waals surface area contributed by atoms with Crippen LogP contribution < -0.4 is 0 Å². The van der Waals surface area contributed by atoms with Gasteiger partial charge in [0.05, 0.1) is 12.9 Å². The van der Waals surface area contributed by atoms with Crippen molar-refractivity contribution in [2.45, 2.75) is 93.5 Å². The van der Waals surface area contributed by atoms with E-state index in [1.165, 1.54) is 48.8 Å². The maximum atomic E-state index is 11.6. The van der Waals surface area contributed by atoms with Crippen molar-refractivity contribution in [3.8, 4) is 0 Å². The third-order valence-corrected chi connectivity index (χ3v) is 8.15. The molecule has 0 bridgehead atoms. The van der Waals surface area contributed by atoms with Crippen LogP contribution in [0.15, 0.2) is 23.1 Å². The van der Waals surface area contributed by atoms with Crippen molar-refractivity contribution in [1.29, 1.82) is 0 Å². The van der Waals surface area contributed by atoms with Crippen molar-refractivity contribution in [3.63, 3.8) is 0 Å². The van der Waals surface area contributed by atoms with Crippen LogP contribution in [0.4, 0.5) is 0 Å². The summed E-state index contributed by atoms with van der Waals surface area (Å²) in [6, 6.07) is 7.15. The van der Waals surface area contributed by atoms with Crippen molar-refractivity contribution < 1.29 is 9.53 Å². The summed E-state index contributed by atoms with van der Waals surface area (Å²) in [5, 5.41) is 1.09. The largest absolute Gasteiger partial charge is 0.468 e. The van der Waals surface area contributed by atoms with Gasteiger partial charge in [0.15, 0.2) is 0 Å². The van der Waals surface area contributed by atoms with E-state index in [0.29, 0.717) is 16.3 Å². The molecule has 27 heavy (non-hydrogen) atoms. The zero-order valence-electron chi connectivity index (χ0n) is 18.1. The van der Waals surface area contributed by atoms with E-state index < -0.39 is 0 Å². The summed E-state index contributed by atoms with van der Waals surface area (Å²) in [6.07, 6.45) is 4.99. The Kier molecular flexibility index (Phi) is 7.78. The number of hydrogen-bond donors (Lipinski definition) is 0. The minimum atomic E-state index is -0.112. The maximum Gasteiger partial charge on any atom is 0.315 e. The van der Waals surface area contributed by atoms with Crippen molar-refractivity contribution in [2.75, 3.05) is 12.9 Å². The molecular formula is C23H36O2S2. The second-order valence-electron chi connectivity index (χ2n) is 9.61. The van der Waals surface area contributed by atoms with Crippen molar-refractivity contribution in [3.05, 3.63) is 29.3 Å². The highest BCUT2D eigenvalue weighted by Crippen LogP contribution is 2.42. The van der Waals surface area contributed by atoms with Crippen LogP contribution in [-0.4, -0.2) is 29.3 Å². The molecule has 1 saturated carbocycles. The number of ether oxygens (including phenoxy) is 1. The standard InChI is InChI=1S/C23H36O2S2/c1-22(2,3)16-12-17(23(4,5)6)14-18(13-16)27-20-11-9-8-10-19(20)26-15-21(24)25-7/h12-14,19-20H,8-11,15H2,1-7H3/t19-,20-/m0/s1. The van der Waals surface area contributed by atoms with Gasteiger partial charge in [-0.25, -0.2) is 0 Å². The smallest absolute Gasteiger partial charge is 0.315 e. The highest BCUT2D eigenvalue weighted by Gasteiger charge is 2.28. The van der Waals surface area contributed by atoms with Crippen LogP contribution in [0.2, 0.25) is 0 Å². The summed E-state index contributed by atoms with van der Waals surface area (Å²) in [5.41, 5.74) is 3.10. The molecule has 152 valence electrons. The first-order valence-corrected chi connectivity index (χ1v) is 11.9. The quantitative estimate of drug-likeness (QED) is 0.513. The van der Waals surface area contributed by atoms with Crippen LogP contribution in [0, 0.1) is 0 Å². The summed E-state index contributed by atoms with van der Waals surface area (Å²) in [6.45, 7) is 13.7. The van der Waals surface area contributed by atoms with Gasteiger partial charge in [0.2, 0.25) is 0 Å². The topological polar surface area (TPSA) is 26.3 Å². The molecule has 0 unspecified atom stereocenters. The number of carbonyl (C=O) groups excluding carboxylic acids is 1. The predicted molar refractivity (Wildman–Crippen MR) is 120 cm³/mol. The molecule has 1 aromatic carbocycles. The highest BCUT2D eigenvalue weighted by atomic mass is 32.2. The number of thioether (sulfide) groups is 2. The zero-order valence-corrected chi connectivity index (χ0v) is 19.7. The van der Waals surface area contributed by atoms with Crippen LogP contribution in [-0.2, 0) is 20.4 Å². The molecule has 0 amide bonds. The molecule has 2 nitrogen and oxygen atoms in total. The number of esters is 1. The molecular weight excluding hydrogens is 372 g/mol. The van der Waals surface area contributed by atoms with Gasteiger partial charge in [-0.05, 0) is 46.9 Å². The molecule has 2 atom stereocenters. The minimum absolute atomic E-state index is 0.112. The Morgan fingerprint density at radius 2 is 1.48 bits per heavy atom. The summed E-state index contributed by atoms with van der Waals surface area (Å²) in [4.78, 5) is 13.0. The lowest BCUT2D eigenvalue weighted by Gasteiger charge is -2.32. The summed E-state index contributed by atoms with van der Waals surface area (Å²) in [7, 11) is 1.47. The first-order chi connectivity index (χ1) is 12.5. The van der Waals surface area contributed by atoms with Gasteiger partial charge in [0.25, 0.3) is 0 Å². The van der Waals surface area contributed by atoms with Gasteiger partial charge in [0.1, 0.15) is 0 Å². The van der Waals surface area contributed by atoms with Crippen molar-refractivity contribution >= 4 is 29.5 Å². The Morgan fingerprint density at radius 1 is 0.963 bits per heavy atom. The lowest BCUT2D eigenvalue weighted by Crippen LogP contribution is -2.26. The molecule has 1 aromatic rings. The normalized spacial score (nSPS) is 21.1. The number of methoxy groups -OCH3 is 1. The third kappa shape index (κ3) is 6.74. The zero-order chi connectivity index (χ0) is 20.2. The van der Waals surface area contributed by atoms with E-state index in [2.05, 4.69) is 59.7 Å². The van der Waals surface area contributed by atoms with Gasteiger partial charge in [-0.15, -0.1) is 23.5 Å². The van der Waals surface area contributed by atoms with Gasteiger partial charge in [0, 0.05) is 15.4 Å². The molecule has 0 aromatic heterocycles. The van der Waals surface area contributed by atoms with Crippen molar-refractivity contribution in [1.82, 2.24) is 0 Å². The van der Waals surface area contributed by atoms with E-state index in [4.69, 9.17) is 4.74 Å². The molecule has 0 heterocycles. The average molecular weight is 409 g/mol. The first kappa shape index (κ1) is 22.7. The molecule has 0 saturated heterocycles. The van der Waals surface area contributed by atoms with E-state index in [1.807, 2.05) is 11.8 Å². The van der Waals surface area contributed by atoms with Crippen LogP contribution >= 0.6 is 23.5 Å². The molecule has 2 rings (SSSR count). The number of rotatable bonds is 5. The molecule has 1 aliphatic rings. The molecule has 0 aliphatic heterocycles. The van der Waals surface area contributed by atoms with Gasteiger partial charge >= 0.3 is 5.97 Å².